The highest BCUT2D eigenvalue weighted by Crippen LogP contribution is 2.41. The van der Waals surface area contributed by atoms with E-state index in [2.05, 4.69) is 27.3 Å². The minimum atomic E-state index is -0.210. The van der Waals surface area contributed by atoms with Gasteiger partial charge in [-0.3, -0.25) is 4.79 Å². The van der Waals surface area contributed by atoms with Gasteiger partial charge in [-0.05, 0) is 47.4 Å². The first-order valence-corrected chi connectivity index (χ1v) is 9.03. The van der Waals surface area contributed by atoms with Crippen molar-refractivity contribution in [2.24, 2.45) is 0 Å². The zero-order valence-corrected chi connectivity index (χ0v) is 14.0. The number of rotatable bonds is 5. The lowest BCUT2D eigenvalue weighted by Gasteiger charge is -2.28. The molecule has 1 saturated carbocycles. The molecule has 24 heavy (non-hydrogen) atoms. The Morgan fingerprint density at radius 2 is 2.17 bits per heavy atom. The third-order valence-electron chi connectivity index (χ3n) is 4.79. The zero-order valence-electron chi connectivity index (χ0n) is 13.2. The summed E-state index contributed by atoms with van der Waals surface area (Å²) in [5.74, 6) is 0.809. The monoisotopic (exact) mass is 342 g/mol. The number of carbonyl (C=O) groups excluding carboxylic acids is 1. The van der Waals surface area contributed by atoms with E-state index in [9.17, 15) is 4.79 Å². The maximum Gasteiger partial charge on any atom is 0.273 e. The van der Waals surface area contributed by atoms with Crippen LogP contribution in [0, 0.1) is 0 Å². The molecule has 1 aliphatic carbocycles. The number of nitrogens with zero attached hydrogens (tertiary/aromatic N) is 1. The molecule has 124 valence electrons. The molecule has 3 aromatic heterocycles. The van der Waals surface area contributed by atoms with Gasteiger partial charge in [0.15, 0.2) is 11.5 Å². The van der Waals surface area contributed by atoms with Crippen molar-refractivity contribution in [2.45, 2.75) is 31.1 Å². The van der Waals surface area contributed by atoms with Gasteiger partial charge < -0.3 is 14.3 Å². The SMILES string of the molecule is O=C(NCC1(c2ccsc2)CCCC1)c1cc(-c2ccco2)on1. The molecule has 0 atom stereocenters. The van der Waals surface area contributed by atoms with Gasteiger partial charge in [-0.2, -0.15) is 11.3 Å². The van der Waals surface area contributed by atoms with Gasteiger partial charge in [0.1, 0.15) is 0 Å². The first-order valence-electron chi connectivity index (χ1n) is 8.08. The minimum absolute atomic E-state index is 0.0588. The van der Waals surface area contributed by atoms with Crippen LogP contribution in [0.5, 0.6) is 0 Å². The molecular formula is C18H18N2O3S. The smallest absolute Gasteiger partial charge is 0.273 e. The van der Waals surface area contributed by atoms with Crippen LogP contribution in [0.2, 0.25) is 0 Å². The van der Waals surface area contributed by atoms with E-state index in [1.54, 1.807) is 35.8 Å². The van der Waals surface area contributed by atoms with Crippen LogP contribution in [0.3, 0.4) is 0 Å². The third kappa shape index (κ3) is 2.78. The molecule has 0 unspecified atom stereocenters. The number of nitrogens with one attached hydrogen (secondary N) is 1. The van der Waals surface area contributed by atoms with Gasteiger partial charge in [0.2, 0.25) is 5.76 Å². The van der Waals surface area contributed by atoms with E-state index in [0.717, 1.165) is 12.8 Å². The summed E-state index contributed by atoms with van der Waals surface area (Å²) >= 11 is 1.71. The van der Waals surface area contributed by atoms with Crippen LogP contribution in [-0.2, 0) is 5.41 Å². The predicted molar refractivity (Wildman–Crippen MR) is 91.0 cm³/mol. The van der Waals surface area contributed by atoms with E-state index in [4.69, 9.17) is 8.94 Å². The van der Waals surface area contributed by atoms with Crippen LogP contribution in [0.1, 0.15) is 41.7 Å². The molecule has 1 amide bonds. The molecule has 3 aromatic rings. The number of hydrogen-bond acceptors (Lipinski definition) is 5. The van der Waals surface area contributed by atoms with Gasteiger partial charge in [-0.15, -0.1) is 0 Å². The maximum atomic E-state index is 12.4. The number of carbonyl (C=O) groups is 1. The lowest BCUT2D eigenvalue weighted by atomic mass is 9.80. The lowest BCUT2D eigenvalue weighted by Crippen LogP contribution is -2.38. The van der Waals surface area contributed by atoms with Crippen molar-refractivity contribution in [1.82, 2.24) is 10.5 Å². The summed E-state index contributed by atoms with van der Waals surface area (Å²) in [7, 11) is 0. The summed E-state index contributed by atoms with van der Waals surface area (Å²) in [6.45, 7) is 0.630. The predicted octanol–water partition coefficient (Wildman–Crippen LogP) is 4.24. The molecule has 3 heterocycles. The zero-order chi connectivity index (χ0) is 16.4. The first-order chi connectivity index (χ1) is 11.8. The molecule has 0 radical (unpaired) electrons. The van der Waals surface area contributed by atoms with E-state index in [0.29, 0.717) is 18.1 Å². The Morgan fingerprint density at radius 3 is 2.88 bits per heavy atom. The third-order valence-corrected chi connectivity index (χ3v) is 5.47. The fourth-order valence-corrected chi connectivity index (χ4v) is 4.22. The molecule has 1 fully saturated rings. The summed E-state index contributed by atoms with van der Waals surface area (Å²) in [6, 6.07) is 7.32. The highest BCUT2D eigenvalue weighted by atomic mass is 32.1. The van der Waals surface area contributed by atoms with Gasteiger partial charge in [0.25, 0.3) is 5.91 Å². The Bertz CT molecular complexity index is 799. The van der Waals surface area contributed by atoms with E-state index >= 15 is 0 Å². The largest absolute Gasteiger partial charge is 0.461 e. The van der Waals surface area contributed by atoms with E-state index < -0.39 is 0 Å². The summed E-state index contributed by atoms with van der Waals surface area (Å²) in [6.07, 6.45) is 6.19. The van der Waals surface area contributed by atoms with Gasteiger partial charge in [0, 0.05) is 18.0 Å². The maximum absolute atomic E-state index is 12.4. The Kier molecular flexibility index (Phi) is 3.98. The Labute approximate surface area is 143 Å². The Balaban J connectivity index is 1.46. The number of aromatic nitrogens is 1. The second kappa shape index (κ2) is 6.28. The average Bonchev–Trinajstić information content (AvgIpc) is 3.41. The summed E-state index contributed by atoms with van der Waals surface area (Å²) < 4.78 is 10.5. The molecule has 0 bridgehead atoms. The van der Waals surface area contributed by atoms with Gasteiger partial charge in [0.05, 0.1) is 6.26 Å². The second-order valence-electron chi connectivity index (χ2n) is 6.24. The average molecular weight is 342 g/mol. The number of furan rings is 1. The number of amides is 1. The van der Waals surface area contributed by atoms with Crippen molar-refractivity contribution in [2.75, 3.05) is 6.54 Å². The highest BCUT2D eigenvalue weighted by Gasteiger charge is 2.36. The first kappa shape index (κ1) is 15.2. The molecule has 1 aliphatic rings. The lowest BCUT2D eigenvalue weighted by molar-refractivity contribution is 0.0934. The van der Waals surface area contributed by atoms with Crippen molar-refractivity contribution in [3.05, 3.63) is 52.5 Å². The van der Waals surface area contributed by atoms with Gasteiger partial charge in [-0.1, -0.05) is 18.0 Å². The Morgan fingerprint density at radius 1 is 1.29 bits per heavy atom. The van der Waals surface area contributed by atoms with Crippen molar-refractivity contribution in [3.8, 4) is 11.5 Å². The van der Waals surface area contributed by atoms with Crippen molar-refractivity contribution >= 4 is 17.2 Å². The Hall–Kier alpha value is -2.34. The molecule has 0 spiro atoms. The van der Waals surface area contributed by atoms with Crippen LogP contribution in [0.25, 0.3) is 11.5 Å². The molecule has 4 rings (SSSR count). The molecule has 5 nitrogen and oxygen atoms in total. The summed E-state index contributed by atoms with van der Waals surface area (Å²) in [5.41, 5.74) is 1.67. The fraction of sp³-hybridized carbons (Fsp3) is 0.333. The molecule has 0 aromatic carbocycles. The van der Waals surface area contributed by atoms with E-state index in [-0.39, 0.29) is 17.0 Å². The highest BCUT2D eigenvalue weighted by molar-refractivity contribution is 7.08. The fourth-order valence-electron chi connectivity index (χ4n) is 3.44. The van der Waals surface area contributed by atoms with Crippen molar-refractivity contribution in [1.29, 1.82) is 0 Å². The van der Waals surface area contributed by atoms with Crippen LogP contribution in [0.4, 0.5) is 0 Å². The van der Waals surface area contributed by atoms with Crippen LogP contribution in [0.15, 0.2) is 50.2 Å². The van der Waals surface area contributed by atoms with Crippen molar-refractivity contribution in [3.63, 3.8) is 0 Å². The van der Waals surface area contributed by atoms with Gasteiger partial charge >= 0.3 is 0 Å². The van der Waals surface area contributed by atoms with Crippen LogP contribution >= 0.6 is 11.3 Å². The summed E-state index contributed by atoms with van der Waals surface area (Å²) in [5, 5.41) is 11.2. The van der Waals surface area contributed by atoms with Crippen molar-refractivity contribution < 1.29 is 13.7 Å². The number of thiophene rings is 1. The molecule has 1 N–H and O–H groups in total. The molecule has 0 saturated heterocycles. The van der Waals surface area contributed by atoms with Gasteiger partial charge in [-0.25, -0.2) is 0 Å². The topological polar surface area (TPSA) is 68.3 Å². The normalized spacial score (nSPS) is 16.3. The summed E-state index contributed by atoms with van der Waals surface area (Å²) in [4.78, 5) is 12.4. The second-order valence-corrected chi connectivity index (χ2v) is 7.02. The molecular weight excluding hydrogens is 324 g/mol. The quantitative estimate of drug-likeness (QED) is 0.753. The number of hydrogen-bond donors (Lipinski definition) is 1. The van der Waals surface area contributed by atoms with E-state index in [1.165, 1.54) is 18.4 Å². The minimum Gasteiger partial charge on any atom is -0.461 e. The molecule has 6 heteroatoms. The standard InChI is InChI=1S/C18H18N2O3S/c21-17(14-10-16(23-20-14)15-4-3-8-22-15)19-12-18(6-1-2-7-18)13-5-9-24-11-13/h3-5,8-11H,1-2,6-7,12H2,(H,19,21). The van der Waals surface area contributed by atoms with Crippen LogP contribution < -0.4 is 5.32 Å². The molecule has 0 aliphatic heterocycles. The van der Waals surface area contributed by atoms with Crippen LogP contribution in [-0.4, -0.2) is 17.6 Å². The van der Waals surface area contributed by atoms with E-state index in [1.807, 2.05) is 0 Å².